The Morgan fingerprint density at radius 1 is 1.67 bits per heavy atom. The van der Waals surface area contributed by atoms with Crippen LogP contribution in [0.1, 0.15) is 24.6 Å². The van der Waals surface area contributed by atoms with Crippen molar-refractivity contribution in [1.82, 2.24) is 9.78 Å². The van der Waals surface area contributed by atoms with Gasteiger partial charge in [-0.2, -0.15) is 5.10 Å². The monoisotopic (exact) mass is 230 g/mol. The average molecular weight is 231 g/mol. The van der Waals surface area contributed by atoms with Crippen molar-refractivity contribution in [3.05, 3.63) is 16.4 Å². The number of hydrogen-bond acceptors (Lipinski definition) is 2. The number of hydrogen-bond donors (Lipinski definition) is 1. The Balaban J connectivity index is 2.28. The maximum atomic E-state index is 9.42. The van der Waals surface area contributed by atoms with E-state index in [2.05, 4.69) is 21.0 Å². The molecule has 0 amide bonds. The molecule has 3 nitrogen and oxygen atoms in total. The lowest BCUT2D eigenvalue weighted by atomic mass is 9.89. The molecular formula is C8H11BrN2O. The molecule has 2 atom stereocenters. The molecule has 1 aromatic heterocycles. The summed E-state index contributed by atoms with van der Waals surface area (Å²) in [5.74, 6) is 0. The maximum Gasteiger partial charge on any atom is 0.0782 e. The standard InChI is InChI=1S/C8H11BrN2O/c1-5-6(9)4-10-11(5)7-2-3-8(7)12/h4,7-8,12H,2-3H2,1H3/t7-,8+/m1/s1. The molecule has 4 heteroatoms. The third kappa shape index (κ3) is 1.10. The molecule has 1 aliphatic rings. The number of rotatable bonds is 1. The maximum absolute atomic E-state index is 9.42. The van der Waals surface area contributed by atoms with Crippen LogP contribution in [0.5, 0.6) is 0 Å². The van der Waals surface area contributed by atoms with Crippen LogP contribution < -0.4 is 0 Å². The van der Waals surface area contributed by atoms with Gasteiger partial charge < -0.3 is 5.11 Å². The first kappa shape index (κ1) is 8.26. The third-order valence-electron chi connectivity index (χ3n) is 2.50. The van der Waals surface area contributed by atoms with Crippen LogP contribution in [-0.4, -0.2) is 21.0 Å². The van der Waals surface area contributed by atoms with Crippen LogP contribution in [0.15, 0.2) is 10.7 Å². The molecule has 0 aliphatic heterocycles. The fraction of sp³-hybridized carbons (Fsp3) is 0.625. The molecule has 1 N–H and O–H groups in total. The summed E-state index contributed by atoms with van der Waals surface area (Å²) in [4.78, 5) is 0. The van der Waals surface area contributed by atoms with Crippen LogP contribution in [-0.2, 0) is 0 Å². The van der Waals surface area contributed by atoms with Gasteiger partial charge in [0.25, 0.3) is 0 Å². The molecule has 0 spiro atoms. The smallest absolute Gasteiger partial charge is 0.0782 e. The molecule has 1 aliphatic carbocycles. The average Bonchev–Trinajstić information content (AvgIpc) is 2.34. The molecule has 12 heavy (non-hydrogen) atoms. The van der Waals surface area contributed by atoms with E-state index in [1.807, 2.05) is 11.6 Å². The van der Waals surface area contributed by atoms with E-state index >= 15 is 0 Å². The van der Waals surface area contributed by atoms with Crippen molar-refractivity contribution < 1.29 is 5.11 Å². The molecular weight excluding hydrogens is 220 g/mol. The molecule has 0 saturated heterocycles. The summed E-state index contributed by atoms with van der Waals surface area (Å²) in [5, 5.41) is 13.6. The van der Waals surface area contributed by atoms with Gasteiger partial charge in [0.05, 0.1) is 22.8 Å². The lowest BCUT2D eigenvalue weighted by Crippen LogP contribution is -2.34. The van der Waals surface area contributed by atoms with Gasteiger partial charge in [-0.15, -0.1) is 0 Å². The zero-order valence-corrected chi connectivity index (χ0v) is 8.45. The second-order valence-electron chi connectivity index (χ2n) is 3.23. The van der Waals surface area contributed by atoms with Gasteiger partial charge in [0.1, 0.15) is 0 Å². The Hall–Kier alpha value is -0.350. The molecule has 0 aromatic carbocycles. The van der Waals surface area contributed by atoms with E-state index in [-0.39, 0.29) is 12.1 Å². The van der Waals surface area contributed by atoms with Gasteiger partial charge >= 0.3 is 0 Å². The van der Waals surface area contributed by atoms with Crippen molar-refractivity contribution in [3.8, 4) is 0 Å². The highest BCUT2D eigenvalue weighted by molar-refractivity contribution is 9.10. The summed E-state index contributed by atoms with van der Waals surface area (Å²) in [5.41, 5.74) is 1.10. The summed E-state index contributed by atoms with van der Waals surface area (Å²) in [6.07, 6.45) is 3.52. The molecule has 0 radical (unpaired) electrons. The van der Waals surface area contributed by atoms with E-state index in [1.165, 1.54) is 0 Å². The van der Waals surface area contributed by atoms with Crippen LogP contribution in [0.4, 0.5) is 0 Å². The second-order valence-corrected chi connectivity index (χ2v) is 4.09. The molecule has 1 heterocycles. The number of nitrogens with zero attached hydrogens (tertiary/aromatic N) is 2. The van der Waals surface area contributed by atoms with Gasteiger partial charge in [-0.3, -0.25) is 4.68 Å². The van der Waals surface area contributed by atoms with Crippen LogP contribution in [0.2, 0.25) is 0 Å². The third-order valence-corrected chi connectivity index (χ3v) is 3.28. The summed E-state index contributed by atoms with van der Waals surface area (Å²) < 4.78 is 2.92. The number of aromatic nitrogens is 2. The largest absolute Gasteiger partial charge is 0.391 e. The first-order valence-electron chi connectivity index (χ1n) is 4.08. The molecule has 1 aromatic rings. The first-order chi connectivity index (χ1) is 5.70. The highest BCUT2D eigenvalue weighted by Gasteiger charge is 2.32. The minimum absolute atomic E-state index is 0.199. The fourth-order valence-electron chi connectivity index (χ4n) is 1.49. The zero-order chi connectivity index (χ0) is 8.72. The summed E-state index contributed by atoms with van der Waals surface area (Å²) in [6, 6.07) is 0.205. The topological polar surface area (TPSA) is 38.0 Å². The van der Waals surface area contributed by atoms with Crippen molar-refractivity contribution >= 4 is 15.9 Å². The molecule has 1 saturated carbocycles. The SMILES string of the molecule is Cc1c(Br)cnn1[C@@H]1CC[C@@H]1O. The number of aliphatic hydroxyl groups is 1. The van der Waals surface area contributed by atoms with Crippen LogP contribution in [0.3, 0.4) is 0 Å². The Kier molecular flexibility index (Phi) is 1.96. The van der Waals surface area contributed by atoms with Crippen molar-refractivity contribution in [2.75, 3.05) is 0 Å². The second kappa shape index (κ2) is 2.85. The van der Waals surface area contributed by atoms with Gasteiger partial charge in [-0.25, -0.2) is 0 Å². The predicted molar refractivity (Wildman–Crippen MR) is 48.9 cm³/mol. The summed E-state index contributed by atoms with van der Waals surface area (Å²) in [7, 11) is 0. The van der Waals surface area contributed by atoms with E-state index in [1.54, 1.807) is 6.20 Å². The fourth-order valence-corrected chi connectivity index (χ4v) is 1.76. The van der Waals surface area contributed by atoms with E-state index < -0.39 is 0 Å². The van der Waals surface area contributed by atoms with Gasteiger partial charge in [0.15, 0.2) is 0 Å². The number of halogens is 1. The summed E-state index contributed by atoms with van der Waals surface area (Å²) in [6.45, 7) is 2.00. The van der Waals surface area contributed by atoms with Crippen molar-refractivity contribution in [3.63, 3.8) is 0 Å². The zero-order valence-electron chi connectivity index (χ0n) is 6.87. The van der Waals surface area contributed by atoms with Crippen LogP contribution in [0.25, 0.3) is 0 Å². The van der Waals surface area contributed by atoms with E-state index in [4.69, 9.17) is 0 Å². The van der Waals surface area contributed by atoms with E-state index in [0.717, 1.165) is 23.0 Å². The van der Waals surface area contributed by atoms with Crippen molar-refractivity contribution in [1.29, 1.82) is 0 Å². The molecule has 0 unspecified atom stereocenters. The van der Waals surface area contributed by atoms with Crippen molar-refractivity contribution in [2.45, 2.75) is 31.9 Å². The van der Waals surface area contributed by atoms with Crippen LogP contribution >= 0.6 is 15.9 Å². The highest BCUT2D eigenvalue weighted by Crippen LogP contribution is 2.33. The van der Waals surface area contributed by atoms with Gasteiger partial charge in [0.2, 0.25) is 0 Å². The Morgan fingerprint density at radius 3 is 2.75 bits per heavy atom. The van der Waals surface area contributed by atoms with Crippen LogP contribution in [0, 0.1) is 6.92 Å². The van der Waals surface area contributed by atoms with E-state index in [9.17, 15) is 5.11 Å². The van der Waals surface area contributed by atoms with Crippen molar-refractivity contribution in [2.24, 2.45) is 0 Å². The lowest BCUT2D eigenvalue weighted by molar-refractivity contribution is 0.0243. The van der Waals surface area contributed by atoms with Gasteiger partial charge in [-0.05, 0) is 35.7 Å². The Bertz CT molecular complexity index is 297. The minimum atomic E-state index is -0.199. The molecule has 2 rings (SSSR count). The molecule has 66 valence electrons. The highest BCUT2D eigenvalue weighted by atomic mass is 79.9. The Morgan fingerprint density at radius 2 is 2.42 bits per heavy atom. The molecule has 0 bridgehead atoms. The Labute approximate surface area is 79.5 Å². The van der Waals surface area contributed by atoms with Gasteiger partial charge in [0, 0.05) is 5.69 Å². The van der Waals surface area contributed by atoms with E-state index in [0.29, 0.717) is 0 Å². The minimum Gasteiger partial charge on any atom is -0.391 e. The molecule has 1 fully saturated rings. The van der Waals surface area contributed by atoms with Gasteiger partial charge in [-0.1, -0.05) is 0 Å². The predicted octanol–water partition coefficient (Wildman–Crippen LogP) is 1.65. The first-order valence-corrected chi connectivity index (χ1v) is 4.87. The summed E-state index contributed by atoms with van der Waals surface area (Å²) >= 11 is 3.39. The number of aliphatic hydroxyl groups excluding tert-OH is 1. The normalized spacial score (nSPS) is 28.6. The quantitative estimate of drug-likeness (QED) is 0.797. The lowest BCUT2D eigenvalue weighted by Gasteiger charge is -2.33.